The molecule has 0 amide bonds. The lowest BCUT2D eigenvalue weighted by Gasteiger charge is -2.67. The van der Waals surface area contributed by atoms with Crippen LogP contribution in [0.3, 0.4) is 0 Å². The molecule has 0 radical (unpaired) electrons. The lowest BCUT2D eigenvalue weighted by Crippen LogP contribution is -2.62. The van der Waals surface area contributed by atoms with Crippen LogP contribution in [0.5, 0.6) is 0 Å². The van der Waals surface area contributed by atoms with Gasteiger partial charge in [-0.05, 0) is 141 Å². The van der Waals surface area contributed by atoms with E-state index in [9.17, 15) is 40.6 Å². The van der Waals surface area contributed by atoms with Gasteiger partial charge < -0.3 is 10.2 Å². The Bertz CT molecular complexity index is 1440. The summed E-state index contributed by atoms with van der Waals surface area (Å²) in [5.74, 6) is -2.63. The third kappa shape index (κ3) is 5.87. The van der Waals surface area contributed by atoms with Gasteiger partial charge >= 0.3 is 6.18 Å². The van der Waals surface area contributed by atoms with Crippen LogP contribution < -0.4 is 0 Å². The van der Waals surface area contributed by atoms with Crippen LogP contribution in [-0.2, 0) is 9.84 Å². The molecule has 1 aromatic rings. The SMILES string of the molecule is C[C@H](C(CCC1(O)CCC(F)(F)CC1)S(=O)(=O)c1ccccc1)[C@H]1CC[C@H]2C3(C)CC[C@H]4C[C@](O)(C(F)(F)F)CC[C@]4(C)[C@H]3CC[C@]12C. The van der Waals surface area contributed by atoms with Crippen molar-refractivity contribution in [1.82, 2.24) is 0 Å². The molecule has 1 aromatic carbocycles. The molecule has 0 spiro atoms. The number of rotatable bonds is 7. The Morgan fingerprint density at radius 2 is 1.40 bits per heavy atom. The summed E-state index contributed by atoms with van der Waals surface area (Å²) in [4.78, 5) is 0.238. The summed E-state index contributed by atoms with van der Waals surface area (Å²) in [5, 5.41) is 21.2. The second-order valence-corrected chi connectivity index (χ2v) is 19.9. The molecule has 10 heteroatoms. The second-order valence-electron chi connectivity index (χ2n) is 17.7. The zero-order valence-corrected chi connectivity index (χ0v) is 29.8. The quantitative estimate of drug-likeness (QED) is 0.278. The number of hydrogen-bond donors (Lipinski definition) is 2. The van der Waals surface area contributed by atoms with Crippen LogP contribution in [0.1, 0.15) is 124 Å². The van der Waals surface area contributed by atoms with Gasteiger partial charge in [-0.2, -0.15) is 13.2 Å². The van der Waals surface area contributed by atoms with Crippen molar-refractivity contribution in [3.05, 3.63) is 30.3 Å². The molecule has 0 aromatic heterocycles. The Hall–Kier alpha value is -1.26. The maximum Gasteiger partial charge on any atom is 0.417 e. The molecule has 2 N–H and O–H groups in total. The van der Waals surface area contributed by atoms with E-state index in [1.807, 2.05) is 6.92 Å². The first-order valence-corrected chi connectivity index (χ1v) is 19.8. The van der Waals surface area contributed by atoms with Crippen LogP contribution in [-0.4, -0.2) is 47.2 Å². The summed E-state index contributed by atoms with van der Waals surface area (Å²) in [6, 6.07) is 8.41. The van der Waals surface area contributed by atoms with Gasteiger partial charge in [-0.1, -0.05) is 45.9 Å². The van der Waals surface area contributed by atoms with Crippen LogP contribution in [0.4, 0.5) is 22.0 Å². The van der Waals surface area contributed by atoms with Crippen molar-refractivity contribution in [2.75, 3.05) is 0 Å². The highest BCUT2D eigenvalue weighted by Gasteiger charge is 2.68. The van der Waals surface area contributed by atoms with Crippen molar-refractivity contribution in [3.63, 3.8) is 0 Å². The van der Waals surface area contributed by atoms with E-state index >= 15 is 0 Å². The van der Waals surface area contributed by atoms with Gasteiger partial charge in [-0.15, -0.1) is 0 Å². The molecule has 5 fully saturated rings. The molecule has 4 nitrogen and oxygen atoms in total. The average Bonchev–Trinajstić information content (AvgIpc) is 3.37. The molecule has 0 bridgehead atoms. The highest BCUT2D eigenvalue weighted by atomic mass is 32.2. The number of sulfone groups is 1. The van der Waals surface area contributed by atoms with E-state index < -0.39 is 51.2 Å². The fourth-order valence-electron chi connectivity index (χ4n) is 12.6. The number of alkyl halides is 5. The molecular formula is C38H55F5O4S. The summed E-state index contributed by atoms with van der Waals surface area (Å²) >= 11 is 0. The first-order chi connectivity index (χ1) is 22.1. The predicted molar refractivity (Wildman–Crippen MR) is 175 cm³/mol. The molecule has 6 rings (SSSR count). The zero-order valence-electron chi connectivity index (χ0n) is 29.0. The number of aliphatic hydroxyl groups is 2. The van der Waals surface area contributed by atoms with Gasteiger partial charge in [0, 0.05) is 12.8 Å². The minimum absolute atomic E-state index is 0.0461. The summed E-state index contributed by atoms with van der Waals surface area (Å²) in [6.45, 7) is 8.86. The third-order valence-corrected chi connectivity index (χ3v) is 17.8. The predicted octanol–water partition coefficient (Wildman–Crippen LogP) is 9.53. The average molecular weight is 703 g/mol. The molecule has 48 heavy (non-hydrogen) atoms. The van der Waals surface area contributed by atoms with Gasteiger partial charge in [0.2, 0.25) is 5.92 Å². The maximum absolute atomic E-state index is 14.4. The monoisotopic (exact) mass is 702 g/mol. The summed E-state index contributed by atoms with van der Waals surface area (Å²) in [5.41, 5.74) is -4.49. The number of benzene rings is 1. The lowest BCUT2D eigenvalue weighted by molar-refractivity contribution is -0.294. The molecule has 0 saturated heterocycles. The van der Waals surface area contributed by atoms with Gasteiger partial charge in [-0.3, -0.25) is 0 Å². The van der Waals surface area contributed by atoms with Crippen molar-refractivity contribution >= 4 is 9.84 Å². The molecule has 5 aliphatic rings. The topological polar surface area (TPSA) is 74.6 Å². The van der Waals surface area contributed by atoms with Gasteiger partial charge in [0.1, 0.15) is 0 Å². The van der Waals surface area contributed by atoms with Crippen molar-refractivity contribution in [1.29, 1.82) is 0 Å². The van der Waals surface area contributed by atoms with Crippen LogP contribution in [0.25, 0.3) is 0 Å². The molecule has 5 aliphatic carbocycles. The molecule has 5 saturated carbocycles. The molecule has 2 unspecified atom stereocenters. The van der Waals surface area contributed by atoms with E-state index in [0.717, 1.165) is 32.1 Å². The Kier molecular flexibility index (Phi) is 9.05. The molecule has 0 aliphatic heterocycles. The van der Waals surface area contributed by atoms with E-state index in [0.29, 0.717) is 18.8 Å². The van der Waals surface area contributed by atoms with E-state index in [1.165, 1.54) is 0 Å². The summed E-state index contributed by atoms with van der Waals surface area (Å²) in [7, 11) is -3.81. The van der Waals surface area contributed by atoms with Crippen molar-refractivity contribution in [3.8, 4) is 0 Å². The molecular weight excluding hydrogens is 647 g/mol. The summed E-state index contributed by atoms with van der Waals surface area (Å²) < 4.78 is 98.4. The van der Waals surface area contributed by atoms with Gasteiger partial charge in [0.25, 0.3) is 0 Å². The van der Waals surface area contributed by atoms with Crippen molar-refractivity contribution in [2.24, 2.45) is 45.8 Å². The molecule has 10 atom stereocenters. The van der Waals surface area contributed by atoms with Crippen molar-refractivity contribution in [2.45, 2.75) is 157 Å². The Balaban J connectivity index is 1.26. The molecule has 272 valence electrons. The Labute approximate surface area is 283 Å². The van der Waals surface area contributed by atoms with Gasteiger partial charge in [0.05, 0.1) is 15.7 Å². The Morgan fingerprint density at radius 1 is 0.792 bits per heavy atom. The lowest BCUT2D eigenvalue weighted by atomic mass is 9.38. The highest BCUT2D eigenvalue weighted by Crippen LogP contribution is 2.74. The van der Waals surface area contributed by atoms with E-state index in [4.69, 9.17) is 0 Å². The standard InChI is InChI=1S/C38H55F5O4S/c1-25(29(48(46,47)27-8-6-5-7-9-27)13-17-35(44)19-22-37(39,40)23-20-35)28-10-11-30-33(28,3)16-14-31-32(2)18-21-36(45,38(41,42)43)24-26(32)12-15-34(30,31)4/h5-9,25-26,28-31,44-45H,10-24H2,1-4H3/t25-,26-,28+,29?,30+,31+,32-,33+,34?,36-/m0/s1. The maximum atomic E-state index is 14.4. The number of hydrogen-bond acceptors (Lipinski definition) is 4. The minimum Gasteiger partial charge on any atom is -0.390 e. The highest BCUT2D eigenvalue weighted by molar-refractivity contribution is 7.92. The number of fused-ring (bicyclic) bond motifs is 5. The first kappa shape index (κ1) is 36.5. The normalized spacial score (nSPS) is 42.2. The van der Waals surface area contributed by atoms with Gasteiger partial charge in [-0.25, -0.2) is 17.2 Å². The van der Waals surface area contributed by atoms with Crippen LogP contribution >= 0.6 is 0 Å². The van der Waals surface area contributed by atoms with Gasteiger partial charge in [0.15, 0.2) is 15.4 Å². The smallest absolute Gasteiger partial charge is 0.390 e. The van der Waals surface area contributed by atoms with Crippen LogP contribution in [0.2, 0.25) is 0 Å². The second kappa shape index (κ2) is 11.9. The fourth-order valence-corrected chi connectivity index (χ4v) is 14.6. The van der Waals surface area contributed by atoms with Crippen molar-refractivity contribution < 1.29 is 40.6 Å². The van der Waals surface area contributed by atoms with E-state index in [-0.39, 0.29) is 83.3 Å². The van der Waals surface area contributed by atoms with E-state index in [1.54, 1.807) is 30.3 Å². The zero-order chi connectivity index (χ0) is 35.2. The summed E-state index contributed by atoms with van der Waals surface area (Å²) in [6.07, 6.45) is -0.334. The number of halogens is 5. The molecule has 0 heterocycles. The third-order valence-electron chi connectivity index (χ3n) is 15.4. The Morgan fingerprint density at radius 3 is 2.02 bits per heavy atom. The minimum atomic E-state index is -4.64. The van der Waals surface area contributed by atoms with Crippen LogP contribution in [0.15, 0.2) is 35.2 Å². The van der Waals surface area contributed by atoms with Crippen LogP contribution in [0, 0.1) is 45.8 Å². The first-order valence-electron chi connectivity index (χ1n) is 18.3. The van der Waals surface area contributed by atoms with E-state index in [2.05, 4.69) is 20.8 Å². The fraction of sp³-hybridized carbons (Fsp3) is 0.842. The largest absolute Gasteiger partial charge is 0.417 e.